The number of aromatic nitrogens is 1. The van der Waals surface area contributed by atoms with E-state index in [2.05, 4.69) is 20.9 Å². The number of alkyl carbamates (subject to hydrolysis) is 1. The molecule has 13 heteroatoms. The Morgan fingerprint density at radius 1 is 0.772 bits per heavy atom. The first kappa shape index (κ1) is 41.1. The van der Waals surface area contributed by atoms with Gasteiger partial charge in [0.15, 0.2) is 0 Å². The first-order valence-corrected chi connectivity index (χ1v) is 18.5. The fourth-order valence-electron chi connectivity index (χ4n) is 5.76. The predicted octanol–water partition coefficient (Wildman–Crippen LogP) is 7.07. The molecule has 293 valence electrons. The van der Waals surface area contributed by atoms with E-state index in [1.807, 2.05) is 74.0 Å². The maximum atomic E-state index is 13.9. The number of carbonyl (C=O) groups is 4. The number of carbonyl (C=O) groups excluding carboxylic acids is 4. The molecule has 57 heavy (non-hydrogen) atoms. The number of anilines is 1. The lowest BCUT2D eigenvalue weighted by molar-refractivity contribution is 0.0473. The van der Waals surface area contributed by atoms with E-state index in [1.54, 1.807) is 55.5 Å². The first-order chi connectivity index (χ1) is 27.6. The topological polar surface area (TPSA) is 195 Å². The van der Waals surface area contributed by atoms with Crippen LogP contribution < -0.4 is 26.4 Å². The van der Waals surface area contributed by atoms with Gasteiger partial charge in [0.25, 0.3) is 11.8 Å². The number of esters is 1. The molecule has 0 aliphatic carbocycles. The standard InChI is InChI=1S/C44H45N6O7/c1-3-11-33(24-25-47-44(54)57-28-30-14-9-6-10-15-30)48-41(51)32-18-21-35(37(26-32)43(53)56-27-29-12-7-5-8-13-29)36-22-23-38(55-4-2)50-39(36)42(52)49-34-19-16-31(17-20-34)40(45)46/h5-23,26,33H,3-4,24-25,27-28H2,1-2H3,(H3,45,46)(H,47,54)(H,48,51)(H,49,52)/t33-/m0/s1. The molecule has 1 atom stereocenters. The van der Waals surface area contributed by atoms with E-state index in [0.29, 0.717) is 36.3 Å². The van der Waals surface area contributed by atoms with Crippen LogP contribution >= 0.6 is 0 Å². The zero-order valence-electron chi connectivity index (χ0n) is 31.7. The first-order valence-electron chi connectivity index (χ1n) is 18.5. The average molecular weight is 770 g/mol. The van der Waals surface area contributed by atoms with Crippen LogP contribution in [0.1, 0.15) is 74.6 Å². The number of hydrogen-bond donors (Lipinski definition) is 5. The van der Waals surface area contributed by atoms with Crippen LogP contribution in [0.4, 0.5) is 10.5 Å². The van der Waals surface area contributed by atoms with Crippen LogP contribution in [0.25, 0.3) is 11.1 Å². The largest absolute Gasteiger partial charge is 0.478 e. The smallest absolute Gasteiger partial charge is 0.407 e. The summed E-state index contributed by atoms with van der Waals surface area (Å²) >= 11 is 0. The Morgan fingerprint density at radius 2 is 1.40 bits per heavy atom. The van der Waals surface area contributed by atoms with Crippen LogP contribution in [0.2, 0.25) is 0 Å². The molecule has 1 heterocycles. The molecule has 0 aliphatic heterocycles. The van der Waals surface area contributed by atoms with E-state index in [-0.39, 0.29) is 53.9 Å². The molecule has 0 fully saturated rings. The van der Waals surface area contributed by atoms with E-state index >= 15 is 0 Å². The van der Waals surface area contributed by atoms with Crippen molar-refractivity contribution in [3.63, 3.8) is 0 Å². The van der Waals surface area contributed by atoms with Gasteiger partial charge in [0.05, 0.1) is 12.2 Å². The summed E-state index contributed by atoms with van der Waals surface area (Å²) in [6, 6.07) is 32.3. The van der Waals surface area contributed by atoms with E-state index in [4.69, 9.17) is 25.4 Å². The lowest BCUT2D eigenvalue weighted by Gasteiger charge is -2.19. The number of rotatable bonds is 18. The molecule has 6 N–H and O–H groups in total. The van der Waals surface area contributed by atoms with Crippen molar-refractivity contribution in [2.75, 3.05) is 18.5 Å². The summed E-state index contributed by atoms with van der Waals surface area (Å²) in [6.07, 6.45) is 2.38. The van der Waals surface area contributed by atoms with Crippen LogP contribution in [-0.4, -0.2) is 53.9 Å². The molecule has 0 spiro atoms. The van der Waals surface area contributed by atoms with E-state index in [0.717, 1.165) is 11.1 Å². The summed E-state index contributed by atoms with van der Waals surface area (Å²) in [5.41, 5.74) is 8.87. The van der Waals surface area contributed by atoms with Crippen molar-refractivity contribution in [3.8, 4) is 17.0 Å². The number of amides is 3. The van der Waals surface area contributed by atoms with Crippen LogP contribution in [0, 0.1) is 11.8 Å². The molecule has 4 aromatic carbocycles. The van der Waals surface area contributed by atoms with Crippen molar-refractivity contribution in [1.82, 2.24) is 15.6 Å². The van der Waals surface area contributed by atoms with Crippen molar-refractivity contribution in [1.29, 1.82) is 5.41 Å². The third-order valence-electron chi connectivity index (χ3n) is 8.61. The number of nitrogens with one attached hydrogen (secondary N) is 4. The molecule has 1 radical (unpaired) electrons. The molecule has 5 rings (SSSR count). The van der Waals surface area contributed by atoms with Gasteiger partial charge in [-0.3, -0.25) is 15.0 Å². The van der Waals surface area contributed by atoms with Crippen molar-refractivity contribution in [2.45, 2.75) is 45.9 Å². The molecule has 1 aromatic heterocycles. The Kier molecular flexibility index (Phi) is 14.9. The van der Waals surface area contributed by atoms with Crippen LogP contribution in [0.5, 0.6) is 5.88 Å². The molecule has 3 amide bonds. The molecular weight excluding hydrogens is 725 g/mol. The van der Waals surface area contributed by atoms with Gasteiger partial charge in [-0.05, 0) is 78.9 Å². The summed E-state index contributed by atoms with van der Waals surface area (Å²) < 4.78 is 16.7. The zero-order valence-corrected chi connectivity index (χ0v) is 31.7. The SMILES string of the molecule is CC[CH][C@@H](CCNC(=O)OCc1ccccc1)NC(=O)c1ccc(-c2ccc(OCC)nc2C(=O)Nc2ccc(C(=N)N)cc2)c(C(=O)OCc2ccccc2)c1. The second-order valence-corrected chi connectivity index (χ2v) is 12.7. The molecular formula is C44H45N6O7. The van der Waals surface area contributed by atoms with E-state index in [9.17, 15) is 19.2 Å². The highest BCUT2D eigenvalue weighted by molar-refractivity contribution is 6.10. The number of nitrogen functional groups attached to an aromatic ring is 1. The van der Waals surface area contributed by atoms with Gasteiger partial charge in [0.2, 0.25) is 5.88 Å². The minimum Gasteiger partial charge on any atom is -0.478 e. The number of hydrogen-bond acceptors (Lipinski definition) is 9. The van der Waals surface area contributed by atoms with E-state index < -0.39 is 29.9 Å². The van der Waals surface area contributed by atoms with Gasteiger partial charge in [-0.1, -0.05) is 80.1 Å². The predicted molar refractivity (Wildman–Crippen MR) is 217 cm³/mol. The lowest BCUT2D eigenvalue weighted by atomic mass is 9.95. The summed E-state index contributed by atoms with van der Waals surface area (Å²) in [4.78, 5) is 58.3. The third-order valence-corrected chi connectivity index (χ3v) is 8.61. The highest BCUT2D eigenvalue weighted by Crippen LogP contribution is 2.31. The Bertz CT molecular complexity index is 2160. The van der Waals surface area contributed by atoms with Crippen LogP contribution in [0.3, 0.4) is 0 Å². The number of nitrogens with zero attached hydrogens (tertiary/aromatic N) is 1. The minimum atomic E-state index is -0.724. The summed E-state index contributed by atoms with van der Waals surface area (Å²) in [7, 11) is 0. The quantitative estimate of drug-likeness (QED) is 0.0352. The number of ether oxygens (including phenoxy) is 3. The normalized spacial score (nSPS) is 11.1. The maximum absolute atomic E-state index is 13.9. The van der Waals surface area contributed by atoms with Gasteiger partial charge >= 0.3 is 12.1 Å². The lowest BCUT2D eigenvalue weighted by Crippen LogP contribution is -2.38. The van der Waals surface area contributed by atoms with Gasteiger partial charge in [-0.25, -0.2) is 14.6 Å². The average Bonchev–Trinajstić information content (AvgIpc) is 3.23. The molecule has 0 saturated heterocycles. The van der Waals surface area contributed by atoms with Gasteiger partial charge in [-0.2, -0.15) is 0 Å². The monoisotopic (exact) mass is 769 g/mol. The highest BCUT2D eigenvalue weighted by atomic mass is 16.5. The number of benzene rings is 4. The second kappa shape index (κ2) is 20.6. The third kappa shape index (κ3) is 12.0. The van der Waals surface area contributed by atoms with Gasteiger partial charge < -0.3 is 35.9 Å². The number of nitrogens with two attached hydrogens (primary N) is 1. The number of amidine groups is 1. The van der Waals surface area contributed by atoms with Crippen molar-refractivity contribution < 1.29 is 33.4 Å². The minimum absolute atomic E-state index is 0.0308. The molecule has 0 unspecified atom stereocenters. The summed E-state index contributed by atoms with van der Waals surface area (Å²) in [6.45, 7) is 4.37. The fourth-order valence-corrected chi connectivity index (χ4v) is 5.76. The molecule has 0 bridgehead atoms. The van der Waals surface area contributed by atoms with Gasteiger partial charge in [0, 0.05) is 41.0 Å². The molecule has 0 aliphatic rings. The number of pyridine rings is 1. The van der Waals surface area contributed by atoms with E-state index in [1.165, 1.54) is 6.07 Å². The van der Waals surface area contributed by atoms with Gasteiger partial charge in [-0.15, -0.1) is 0 Å². The highest BCUT2D eigenvalue weighted by Gasteiger charge is 2.24. The molecule has 5 aromatic rings. The Hall–Kier alpha value is -7.02. The Balaban J connectivity index is 1.40. The van der Waals surface area contributed by atoms with Crippen molar-refractivity contribution >= 4 is 35.4 Å². The summed E-state index contributed by atoms with van der Waals surface area (Å²) in [5.74, 6) is -1.70. The fraction of sp³-hybridized carbons (Fsp3) is 0.205. The maximum Gasteiger partial charge on any atom is 0.407 e. The molecule has 13 nitrogen and oxygen atoms in total. The zero-order chi connectivity index (χ0) is 40.6. The van der Waals surface area contributed by atoms with Crippen LogP contribution in [0.15, 0.2) is 115 Å². The van der Waals surface area contributed by atoms with Crippen LogP contribution in [-0.2, 0) is 22.7 Å². The van der Waals surface area contributed by atoms with Crippen molar-refractivity contribution in [3.05, 3.63) is 155 Å². The Labute approximate surface area is 331 Å². The summed E-state index contributed by atoms with van der Waals surface area (Å²) in [5, 5.41) is 16.2. The van der Waals surface area contributed by atoms with Crippen molar-refractivity contribution in [2.24, 2.45) is 5.73 Å². The molecule has 0 saturated carbocycles. The Morgan fingerprint density at radius 3 is 2.04 bits per heavy atom. The van der Waals surface area contributed by atoms with Gasteiger partial charge in [0.1, 0.15) is 24.7 Å². The second-order valence-electron chi connectivity index (χ2n) is 12.7.